The van der Waals surface area contributed by atoms with Gasteiger partial charge in [-0.05, 0) is 32.6 Å². The summed E-state index contributed by atoms with van der Waals surface area (Å²) >= 11 is 1.57. The van der Waals surface area contributed by atoms with Gasteiger partial charge in [-0.3, -0.25) is 10.1 Å². The van der Waals surface area contributed by atoms with Crippen molar-refractivity contribution < 1.29 is 14.3 Å². The van der Waals surface area contributed by atoms with Gasteiger partial charge in [-0.2, -0.15) is 0 Å². The molecule has 0 radical (unpaired) electrons. The number of carboxylic acids is 1. The predicted octanol–water partition coefficient (Wildman–Crippen LogP) is 2.53. The van der Waals surface area contributed by atoms with E-state index in [0.29, 0.717) is 17.7 Å². The lowest BCUT2D eigenvalue weighted by molar-refractivity contribution is -0.144. The minimum atomic E-state index is -0.783. The van der Waals surface area contributed by atoms with E-state index in [1.807, 2.05) is 0 Å². The molecule has 0 aliphatic heterocycles. The summed E-state index contributed by atoms with van der Waals surface area (Å²) in [5.41, 5.74) is -0.783. The molecular weight excluding hydrogens is 264 g/mol. The molecule has 1 atom stereocenters. The van der Waals surface area contributed by atoms with Gasteiger partial charge in [0.15, 0.2) is 0 Å². The van der Waals surface area contributed by atoms with Crippen molar-refractivity contribution in [2.45, 2.75) is 55.8 Å². The van der Waals surface area contributed by atoms with E-state index in [-0.39, 0.29) is 0 Å². The molecule has 1 aromatic heterocycles. The van der Waals surface area contributed by atoms with Crippen LogP contribution in [-0.4, -0.2) is 33.4 Å². The maximum absolute atomic E-state index is 11.3. The molecule has 0 spiro atoms. The number of carboxylic acid groups (broad SMARTS) is 1. The third-order valence-corrected chi connectivity index (χ3v) is 4.22. The van der Waals surface area contributed by atoms with Crippen LogP contribution in [0.1, 0.15) is 39.0 Å². The predicted molar refractivity (Wildman–Crippen MR) is 73.3 cm³/mol. The highest BCUT2D eigenvalue weighted by Gasteiger charge is 2.37. The second kappa shape index (κ2) is 6.43. The number of aromatic nitrogens is 1. The van der Waals surface area contributed by atoms with Crippen LogP contribution in [0.5, 0.6) is 0 Å². The highest BCUT2D eigenvalue weighted by molar-refractivity contribution is 7.99. The number of thioether (sulfide) groups is 1. The molecule has 2 N–H and O–H groups in total. The lowest BCUT2D eigenvalue weighted by Crippen LogP contribution is -2.50. The number of unbranched alkanes of at least 4 members (excludes halogenated alkanes) is 1. The summed E-state index contributed by atoms with van der Waals surface area (Å²) < 4.78 is 5.13. The fourth-order valence-corrected chi connectivity index (χ4v) is 2.72. The van der Waals surface area contributed by atoms with Gasteiger partial charge in [0.05, 0.1) is 6.20 Å². The van der Waals surface area contributed by atoms with Crippen molar-refractivity contribution in [1.82, 2.24) is 10.3 Å². The Balaban J connectivity index is 1.65. The zero-order valence-electron chi connectivity index (χ0n) is 11.1. The number of carbonyl (C=O) groups is 1. The van der Waals surface area contributed by atoms with Gasteiger partial charge >= 0.3 is 5.97 Å². The fourth-order valence-electron chi connectivity index (χ4n) is 1.94. The van der Waals surface area contributed by atoms with Gasteiger partial charge in [0.25, 0.3) is 5.22 Å². The number of aliphatic carboxylic acids is 1. The van der Waals surface area contributed by atoms with Crippen molar-refractivity contribution in [3.63, 3.8) is 0 Å². The smallest absolute Gasteiger partial charge is 0.323 e. The Morgan fingerprint density at radius 1 is 1.63 bits per heavy atom. The first-order chi connectivity index (χ1) is 9.10. The van der Waals surface area contributed by atoms with Gasteiger partial charge in [0.1, 0.15) is 11.8 Å². The Kier molecular flexibility index (Phi) is 4.87. The third kappa shape index (κ3) is 4.54. The van der Waals surface area contributed by atoms with Crippen LogP contribution in [0.3, 0.4) is 0 Å². The summed E-state index contributed by atoms with van der Waals surface area (Å²) in [6.45, 7) is 1.79. The Labute approximate surface area is 117 Å². The maximum Gasteiger partial charge on any atom is 0.323 e. The lowest BCUT2D eigenvalue weighted by atomic mass is 9.95. The number of nitrogens with one attached hydrogen (secondary N) is 1. The number of rotatable bonds is 9. The average Bonchev–Trinajstić information content (AvgIpc) is 3.02. The Bertz CT molecular complexity index is 406. The Morgan fingerprint density at radius 2 is 2.42 bits per heavy atom. The number of hydrogen-bond donors (Lipinski definition) is 2. The fraction of sp³-hybridized carbons (Fsp3) is 0.692. The summed E-state index contributed by atoms with van der Waals surface area (Å²) in [6.07, 6.45) is 7.89. The first kappa shape index (κ1) is 14.4. The van der Waals surface area contributed by atoms with Gasteiger partial charge in [-0.1, -0.05) is 18.2 Å². The maximum atomic E-state index is 11.3. The average molecular weight is 284 g/mol. The lowest BCUT2D eigenvalue weighted by Gasteiger charge is -2.26. The SMILES string of the molecule is CC(CCCCSc1ncco1)(NC1CC1)C(=O)O. The molecule has 0 saturated heterocycles. The van der Waals surface area contributed by atoms with Gasteiger partial charge in [0, 0.05) is 11.8 Å². The highest BCUT2D eigenvalue weighted by atomic mass is 32.2. The summed E-state index contributed by atoms with van der Waals surface area (Å²) in [7, 11) is 0. The quantitative estimate of drug-likeness (QED) is 0.536. The molecule has 1 aliphatic carbocycles. The minimum absolute atomic E-state index is 0.405. The molecule has 1 unspecified atom stereocenters. The summed E-state index contributed by atoms with van der Waals surface area (Å²) in [5, 5.41) is 13.2. The van der Waals surface area contributed by atoms with Crippen LogP contribution in [0.4, 0.5) is 0 Å². The van der Waals surface area contributed by atoms with Crippen molar-refractivity contribution in [1.29, 1.82) is 0 Å². The summed E-state index contributed by atoms with van der Waals surface area (Å²) in [5.74, 6) is 0.152. The van der Waals surface area contributed by atoms with Crippen molar-refractivity contribution >= 4 is 17.7 Å². The molecule has 5 nitrogen and oxygen atoms in total. The monoisotopic (exact) mass is 284 g/mol. The highest BCUT2D eigenvalue weighted by Crippen LogP contribution is 2.26. The molecule has 0 aromatic carbocycles. The number of nitrogens with zero attached hydrogens (tertiary/aromatic N) is 1. The van der Waals surface area contributed by atoms with E-state index in [2.05, 4.69) is 10.3 Å². The molecule has 1 aromatic rings. The van der Waals surface area contributed by atoms with Gasteiger partial charge in [-0.25, -0.2) is 4.98 Å². The van der Waals surface area contributed by atoms with Gasteiger partial charge in [-0.15, -0.1) is 0 Å². The zero-order valence-corrected chi connectivity index (χ0v) is 11.9. The second-order valence-corrected chi connectivity index (χ2v) is 6.21. The molecule has 0 bridgehead atoms. The van der Waals surface area contributed by atoms with Crippen LogP contribution in [0.25, 0.3) is 0 Å². The van der Waals surface area contributed by atoms with Crippen LogP contribution in [0.2, 0.25) is 0 Å². The molecule has 19 heavy (non-hydrogen) atoms. The van der Waals surface area contributed by atoms with E-state index in [1.54, 1.807) is 31.1 Å². The van der Waals surface area contributed by atoms with Gasteiger partial charge < -0.3 is 9.52 Å². The number of oxazole rings is 1. The van der Waals surface area contributed by atoms with Crippen LogP contribution >= 0.6 is 11.8 Å². The zero-order chi connectivity index (χ0) is 13.7. The standard InChI is InChI=1S/C13H20N2O3S/c1-13(11(16)17,15-10-4-5-10)6-2-3-9-19-12-14-7-8-18-12/h7-8,10,15H,2-6,9H2,1H3,(H,16,17). The van der Waals surface area contributed by atoms with Crippen LogP contribution in [0, 0.1) is 0 Å². The molecule has 0 amide bonds. The molecule has 1 fully saturated rings. The third-order valence-electron chi connectivity index (χ3n) is 3.28. The first-order valence-electron chi connectivity index (χ1n) is 6.63. The second-order valence-electron chi connectivity index (χ2n) is 5.16. The van der Waals surface area contributed by atoms with Crippen LogP contribution in [0.15, 0.2) is 22.1 Å². The summed E-state index contributed by atoms with van der Waals surface area (Å²) in [4.78, 5) is 15.4. The molecular formula is C13H20N2O3S. The topological polar surface area (TPSA) is 75.4 Å². The molecule has 1 heterocycles. The number of hydrogen-bond acceptors (Lipinski definition) is 5. The van der Waals surface area contributed by atoms with Crippen LogP contribution < -0.4 is 5.32 Å². The molecule has 1 aliphatic rings. The largest absolute Gasteiger partial charge is 0.480 e. The van der Waals surface area contributed by atoms with Gasteiger partial charge in [0.2, 0.25) is 0 Å². The molecule has 2 rings (SSSR count). The Morgan fingerprint density at radius 3 is 3.00 bits per heavy atom. The van der Waals surface area contributed by atoms with E-state index >= 15 is 0 Å². The molecule has 1 saturated carbocycles. The van der Waals surface area contributed by atoms with Crippen molar-refractivity contribution in [2.75, 3.05) is 5.75 Å². The molecule has 6 heteroatoms. The molecule has 106 valence electrons. The van der Waals surface area contributed by atoms with E-state index in [4.69, 9.17) is 4.42 Å². The van der Waals surface area contributed by atoms with E-state index in [9.17, 15) is 9.90 Å². The van der Waals surface area contributed by atoms with E-state index in [1.165, 1.54) is 0 Å². The van der Waals surface area contributed by atoms with Crippen molar-refractivity contribution in [2.24, 2.45) is 0 Å². The normalized spacial score (nSPS) is 18.2. The summed E-state index contributed by atoms with van der Waals surface area (Å²) in [6, 6.07) is 0.405. The van der Waals surface area contributed by atoms with E-state index in [0.717, 1.165) is 31.4 Å². The van der Waals surface area contributed by atoms with Crippen LogP contribution in [-0.2, 0) is 4.79 Å². The van der Waals surface area contributed by atoms with Crippen molar-refractivity contribution in [3.05, 3.63) is 12.5 Å². The van der Waals surface area contributed by atoms with Crippen molar-refractivity contribution in [3.8, 4) is 0 Å². The first-order valence-corrected chi connectivity index (χ1v) is 7.62. The Hall–Kier alpha value is -1.01. The minimum Gasteiger partial charge on any atom is -0.480 e. The van der Waals surface area contributed by atoms with E-state index < -0.39 is 11.5 Å².